The first kappa shape index (κ1) is 25.3. The number of carbonyl (C=O) groups is 1. The number of likely N-dealkylation sites (N-methyl/N-ethyl adjacent to an activating group) is 1. The summed E-state index contributed by atoms with van der Waals surface area (Å²) < 4.78 is 12.6. The van der Waals surface area contributed by atoms with Crippen molar-refractivity contribution < 1.29 is 19.2 Å². The fourth-order valence-corrected chi connectivity index (χ4v) is 6.82. The lowest BCUT2D eigenvalue weighted by atomic mass is 9.79. The lowest BCUT2D eigenvalue weighted by Crippen LogP contribution is -2.54. The molecule has 1 saturated heterocycles. The van der Waals surface area contributed by atoms with E-state index >= 15 is 0 Å². The van der Waals surface area contributed by atoms with E-state index in [1.54, 1.807) is 43.3 Å². The van der Waals surface area contributed by atoms with Crippen LogP contribution in [0.1, 0.15) is 22.6 Å². The Morgan fingerprint density at radius 2 is 1.85 bits per heavy atom. The van der Waals surface area contributed by atoms with Gasteiger partial charge in [0.2, 0.25) is 0 Å². The third-order valence-electron chi connectivity index (χ3n) is 7.97. The molecule has 3 atom stereocenters. The van der Waals surface area contributed by atoms with Crippen LogP contribution in [0.25, 0.3) is 10.8 Å². The Kier molecular flexibility index (Phi) is 6.28. The van der Waals surface area contributed by atoms with Crippen molar-refractivity contribution in [2.75, 3.05) is 26.0 Å². The van der Waals surface area contributed by atoms with Gasteiger partial charge in [-0.15, -0.1) is 0 Å². The number of anilines is 1. The highest BCUT2D eigenvalue weighted by molar-refractivity contribution is 9.10. The number of methoxy groups -OCH3 is 1. The van der Waals surface area contributed by atoms with Crippen LogP contribution in [-0.2, 0) is 16.9 Å². The molecule has 8 nitrogen and oxygen atoms in total. The molecule has 0 aliphatic carbocycles. The Morgan fingerprint density at radius 3 is 2.64 bits per heavy atom. The van der Waals surface area contributed by atoms with E-state index in [0.717, 1.165) is 16.3 Å². The van der Waals surface area contributed by atoms with E-state index in [2.05, 4.69) is 39.4 Å². The molecule has 39 heavy (non-hydrogen) atoms. The third-order valence-corrected chi connectivity index (χ3v) is 8.56. The van der Waals surface area contributed by atoms with Gasteiger partial charge >= 0.3 is 0 Å². The maximum atomic E-state index is 13.4. The summed E-state index contributed by atoms with van der Waals surface area (Å²) in [6, 6.07) is 23.8. The van der Waals surface area contributed by atoms with Crippen LogP contribution in [0.15, 0.2) is 83.3 Å². The first-order chi connectivity index (χ1) is 18.9. The van der Waals surface area contributed by atoms with Crippen LogP contribution >= 0.6 is 15.9 Å². The van der Waals surface area contributed by atoms with Crippen LogP contribution in [0.2, 0.25) is 0 Å². The van der Waals surface area contributed by atoms with Crippen LogP contribution in [0.5, 0.6) is 11.5 Å². The van der Waals surface area contributed by atoms with Crippen molar-refractivity contribution in [3.63, 3.8) is 0 Å². The van der Waals surface area contributed by atoms with Crippen molar-refractivity contribution >= 4 is 38.3 Å². The molecule has 0 bridgehead atoms. The van der Waals surface area contributed by atoms with Gasteiger partial charge in [0.05, 0.1) is 17.5 Å². The molecule has 0 unspecified atom stereocenters. The number of benzene rings is 4. The number of nitrogens with one attached hydrogen (secondary N) is 1. The minimum absolute atomic E-state index is 0.318. The highest BCUT2D eigenvalue weighted by atomic mass is 79.9. The van der Waals surface area contributed by atoms with Crippen molar-refractivity contribution in [2.45, 2.75) is 24.1 Å². The molecule has 6 rings (SSSR count). The average molecular weight is 588 g/mol. The molecule has 2 heterocycles. The molecule has 9 heteroatoms. The zero-order chi connectivity index (χ0) is 27.3. The van der Waals surface area contributed by atoms with Crippen molar-refractivity contribution in [2.24, 2.45) is 0 Å². The smallest absolute Gasteiger partial charge is 0.256 e. The van der Waals surface area contributed by atoms with Crippen molar-refractivity contribution in [3.05, 3.63) is 110 Å². The Bertz CT molecular complexity index is 1620. The molecule has 2 aliphatic rings. The zero-order valence-electron chi connectivity index (χ0n) is 21.4. The molecule has 0 radical (unpaired) electrons. The van der Waals surface area contributed by atoms with Gasteiger partial charge in [0.1, 0.15) is 6.61 Å². The SMILES string of the molecule is COc1cc([C@@H]2CN(C)[C@@]3(C(=O)Nc4ccccc43)[C@H]2[N+](=O)[O-])cc(Br)c1OCc1cccc2ccccc12. The van der Waals surface area contributed by atoms with Crippen LogP contribution in [0.4, 0.5) is 5.69 Å². The maximum Gasteiger partial charge on any atom is 0.256 e. The van der Waals surface area contributed by atoms with E-state index in [1.165, 1.54) is 0 Å². The first-order valence-electron chi connectivity index (χ1n) is 12.6. The van der Waals surface area contributed by atoms with Gasteiger partial charge in [-0.3, -0.25) is 19.8 Å². The largest absolute Gasteiger partial charge is 0.493 e. The number of rotatable bonds is 6. The number of nitro groups is 1. The van der Waals surface area contributed by atoms with E-state index in [9.17, 15) is 14.9 Å². The van der Waals surface area contributed by atoms with Gasteiger partial charge in [-0.25, -0.2) is 0 Å². The predicted molar refractivity (Wildman–Crippen MR) is 152 cm³/mol. The monoisotopic (exact) mass is 587 g/mol. The molecule has 4 aromatic rings. The predicted octanol–water partition coefficient (Wildman–Crippen LogP) is 5.71. The normalized spacial score (nSPS) is 22.2. The van der Waals surface area contributed by atoms with Gasteiger partial charge in [0, 0.05) is 22.7 Å². The van der Waals surface area contributed by atoms with Crippen LogP contribution in [-0.4, -0.2) is 42.5 Å². The summed E-state index contributed by atoms with van der Waals surface area (Å²) >= 11 is 3.63. The molecular weight excluding hydrogens is 562 g/mol. The molecule has 1 N–H and O–H groups in total. The Hall–Kier alpha value is -3.95. The topological polar surface area (TPSA) is 93.9 Å². The second-order valence-electron chi connectivity index (χ2n) is 9.94. The highest BCUT2D eigenvalue weighted by Gasteiger charge is 2.68. The minimum atomic E-state index is -1.41. The molecule has 0 aromatic heterocycles. The molecular formula is C30H26BrN3O5. The summed E-state index contributed by atoms with van der Waals surface area (Å²) in [5, 5.41) is 17.8. The maximum absolute atomic E-state index is 13.4. The second-order valence-corrected chi connectivity index (χ2v) is 10.8. The van der Waals surface area contributed by atoms with Gasteiger partial charge in [-0.05, 0) is 63.1 Å². The van der Waals surface area contributed by atoms with E-state index < -0.39 is 17.5 Å². The molecule has 2 aliphatic heterocycles. The van der Waals surface area contributed by atoms with Gasteiger partial charge in [-0.2, -0.15) is 0 Å². The molecule has 198 valence electrons. The molecule has 4 aromatic carbocycles. The molecule has 1 amide bonds. The second kappa shape index (κ2) is 9.66. The average Bonchev–Trinajstić information content (AvgIpc) is 3.41. The number of carbonyl (C=O) groups excluding carboxylic acids is 1. The van der Waals surface area contributed by atoms with Crippen molar-refractivity contribution in [1.82, 2.24) is 4.90 Å². The van der Waals surface area contributed by atoms with Gasteiger partial charge in [0.15, 0.2) is 17.0 Å². The number of ether oxygens (including phenoxy) is 2. The highest BCUT2D eigenvalue weighted by Crippen LogP contribution is 2.53. The third kappa shape index (κ3) is 3.87. The van der Waals surface area contributed by atoms with Gasteiger partial charge in [0.25, 0.3) is 11.9 Å². The standard InChI is InChI=1S/C30H26BrN3O5/c1-33-16-22(28(34(36)37)30(33)23-12-5-6-13-25(23)32-29(30)35)20-14-24(31)27(26(15-20)38-2)39-17-19-10-7-9-18-8-3-4-11-21(18)19/h3-15,22,28H,16-17H2,1-2H3,(H,32,35)/t22-,28-,30+/m0/s1. The lowest BCUT2D eigenvalue weighted by Gasteiger charge is -2.30. The Morgan fingerprint density at radius 1 is 1.10 bits per heavy atom. The van der Waals surface area contributed by atoms with Crippen LogP contribution in [0.3, 0.4) is 0 Å². The number of hydrogen-bond acceptors (Lipinski definition) is 6. The van der Waals surface area contributed by atoms with Gasteiger partial charge < -0.3 is 14.8 Å². The van der Waals surface area contributed by atoms with E-state index in [-0.39, 0.29) is 10.8 Å². The summed E-state index contributed by atoms with van der Waals surface area (Å²) in [6.45, 7) is 0.638. The number of likely N-dealkylation sites (tertiary alicyclic amines) is 1. The van der Waals surface area contributed by atoms with E-state index in [4.69, 9.17) is 9.47 Å². The Balaban J connectivity index is 1.37. The number of fused-ring (bicyclic) bond motifs is 3. The number of hydrogen-bond donors (Lipinski definition) is 1. The Labute approximate surface area is 233 Å². The van der Waals surface area contributed by atoms with Gasteiger partial charge in [-0.1, -0.05) is 60.7 Å². The fraction of sp³-hybridized carbons (Fsp3) is 0.233. The molecule has 1 spiro atoms. The molecule has 1 fully saturated rings. The van der Waals surface area contributed by atoms with Crippen LogP contribution < -0.4 is 14.8 Å². The van der Waals surface area contributed by atoms with Crippen LogP contribution in [0, 0.1) is 10.1 Å². The first-order valence-corrected chi connectivity index (χ1v) is 13.4. The quantitative estimate of drug-likeness (QED) is 0.229. The van der Waals surface area contributed by atoms with E-state index in [1.807, 2.05) is 36.4 Å². The fourth-order valence-electron chi connectivity index (χ4n) is 6.24. The van der Waals surface area contributed by atoms with Crippen molar-refractivity contribution in [3.8, 4) is 11.5 Å². The number of para-hydroxylation sites is 1. The summed E-state index contributed by atoms with van der Waals surface area (Å²) in [5.74, 6) is 0.0224. The summed E-state index contributed by atoms with van der Waals surface area (Å²) in [7, 11) is 3.32. The number of amides is 1. The minimum Gasteiger partial charge on any atom is -0.493 e. The summed E-state index contributed by atoms with van der Waals surface area (Å²) in [6.07, 6.45) is 0. The number of halogens is 1. The molecule has 0 saturated carbocycles. The number of nitrogens with zero attached hydrogens (tertiary/aromatic N) is 2. The zero-order valence-corrected chi connectivity index (χ0v) is 23.0. The lowest BCUT2D eigenvalue weighted by molar-refractivity contribution is -0.534. The van der Waals surface area contributed by atoms with Crippen molar-refractivity contribution in [1.29, 1.82) is 0 Å². The van der Waals surface area contributed by atoms with E-state index in [0.29, 0.717) is 45.9 Å². The summed E-state index contributed by atoms with van der Waals surface area (Å²) in [5.41, 5.74) is 1.55. The summed E-state index contributed by atoms with van der Waals surface area (Å²) in [4.78, 5) is 27.5.